The Labute approximate surface area is 152 Å². The number of nitrogens with zero attached hydrogens (tertiary/aromatic N) is 1. The number of likely N-dealkylation sites (tertiary alicyclic amines) is 1. The summed E-state index contributed by atoms with van der Waals surface area (Å²) < 4.78 is 5.18. The number of aromatic hydroxyl groups is 1. The Hall–Kier alpha value is -2.05. The summed E-state index contributed by atoms with van der Waals surface area (Å²) in [6.45, 7) is 4.02. The average molecular weight is 360 g/mol. The zero-order chi connectivity index (χ0) is 18.0. The van der Waals surface area contributed by atoms with E-state index in [0.717, 1.165) is 35.5 Å². The van der Waals surface area contributed by atoms with Crippen LogP contribution in [0, 0.1) is 0 Å². The highest BCUT2D eigenvalue weighted by atomic mass is 32.1. The first-order valence-corrected chi connectivity index (χ1v) is 9.39. The fourth-order valence-corrected chi connectivity index (χ4v) is 4.53. The Bertz CT molecular complexity index is 772. The normalized spacial score (nSPS) is 17.8. The summed E-state index contributed by atoms with van der Waals surface area (Å²) in [5.74, 6) is 0.129. The zero-order valence-corrected chi connectivity index (χ0v) is 15.4. The molecule has 1 aliphatic heterocycles. The largest absolute Gasteiger partial charge is 0.504 e. The van der Waals surface area contributed by atoms with Crippen molar-refractivity contribution in [3.8, 4) is 21.9 Å². The van der Waals surface area contributed by atoms with Gasteiger partial charge in [0.2, 0.25) is 0 Å². The van der Waals surface area contributed by atoms with E-state index in [0.29, 0.717) is 16.7 Å². The molecule has 0 aliphatic carbocycles. The summed E-state index contributed by atoms with van der Waals surface area (Å²) in [4.78, 5) is 15.9. The Balaban J connectivity index is 1.93. The maximum atomic E-state index is 11.9. The zero-order valence-electron chi connectivity index (χ0n) is 14.6. The van der Waals surface area contributed by atoms with Crippen molar-refractivity contribution in [1.82, 2.24) is 4.90 Å². The molecule has 6 heteroatoms. The minimum absolute atomic E-state index is 0.0982. The van der Waals surface area contributed by atoms with Crippen LogP contribution >= 0.6 is 11.3 Å². The van der Waals surface area contributed by atoms with Crippen molar-refractivity contribution in [3.63, 3.8) is 0 Å². The van der Waals surface area contributed by atoms with Crippen molar-refractivity contribution in [2.24, 2.45) is 5.73 Å². The van der Waals surface area contributed by atoms with Crippen LogP contribution in [0.5, 0.6) is 11.5 Å². The lowest BCUT2D eigenvalue weighted by Crippen LogP contribution is -2.28. The summed E-state index contributed by atoms with van der Waals surface area (Å²) in [5, 5.41) is 9.77. The molecule has 2 heterocycles. The number of phenolic OH excluding ortho intramolecular Hbond substituents is 1. The highest BCUT2D eigenvalue weighted by Gasteiger charge is 2.25. The quantitative estimate of drug-likeness (QED) is 0.825. The van der Waals surface area contributed by atoms with Gasteiger partial charge in [-0.15, -0.1) is 11.3 Å². The van der Waals surface area contributed by atoms with Crippen LogP contribution in [0.4, 0.5) is 0 Å². The summed E-state index contributed by atoms with van der Waals surface area (Å²) in [7, 11) is 1.52. The van der Waals surface area contributed by atoms with E-state index in [4.69, 9.17) is 10.5 Å². The van der Waals surface area contributed by atoms with Gasteiger partial charge in [0, 0.05) is 17.5 Å². The Kier molecular flexibility index (Phi) is 5.30. The van der Waals surface area contributed by atoms with Gasteiger partial charge in [0.05, 0.1) is 12.0 Å². The van der Waals surface area contributed by atoms with Gasteiger partial charge in [-0.05, 0) is 61.2 Å². The molecule has 0 unspecified atom stereocenters. The molecule has 1 fully saturated rings. The summed E-state index contributed by atoms with van der Waals surface area (Å²) in [5.41, 5.74) is 7.51. The molecule has 3 rings (SSSR count). The number of hydrogen-bond donors (Lipinski definition) is 2. The van der Waals surface area contributed by atoms with Crippen molar-refractivity contribution in [1.29, 1.82) is 0 Å². The minimum Gasteiger partial charge on any atom is -0.504 e. The number of carbonyl (C=O) groups excluding carboxylic acids is 1. The van der Waals surface area contributed by atoms with Crippen LogP contribution in [0.2, 0.25) is 0 Å². The number of rotatable bonds is 6. The first kappa shape index (κ1) is 17.8. The number of ether oxygens (including phenoxy) is 1. The van der Waals surface area contributed by atoms with Crippen molar-refractivity contribution in [3.05, 3.63) is 34.7 Å². The second-order valence-electron chi connectivity index (χ2n) is 6.39. The number of carbonyl (C=O) groups is 1. The van der Waals surface area contributed by atoms with E-state index in [1.165, 1.54) is 31.3 Å². The maximum absolute atomic E-state index is 11.9. The van der Waals surface area contributed by atoms with Crippen molar-refractivity contribution < 1.29 is 14.6 Å². The van der Waals surface area contributed by atoms with Gasteiger partial charge in [-0.25, -0.2) is 0 Å². The third-order valence-corrected chi connectivity index (χ3v) is 6.08. The van der Waals surface area contributed by atoms with Crippen LogP contribution in [0.1, 0.15) is 41.4 Å². The standard InChI is InChI=1S/C19H24N2O3S/c1-3-14-5-4-8-21(14)11-13-10-17(25-18(13)19(20)23)12-6-7-15(22)16(9-12)24-2/h6-7,9-10,14,22H,3-5,8,11H2,1-2H3,(H2,20,23)/t14-/m0/s1. The molecule has 134 valence electrons. The van der Waals surface area contributed by atoms with Crippen molar-refractivity contribution >= 4 is 17.2 Å². The highest BCUT2D eigenvalue weighted by Crippen LogP contribution is 2.37. The van der Waals surface area contributed by atoms with Gasteiger partial charge >= 0.3 is 0 Å². The number of nitrogens with two attached hydrogens (primary N) is 1. The van der Waals surface area contributed by atoms with E-state index in [9.17, 15) is 9.90 Å². The molecule has 0 spiro atoms. The fourth-order valence-electron chi connectivity index (χ4n) is 3.51. The van der Waals surface area contributed by atoms with Gasteiger partial charge in [-0.3, -0.25) is 9.69 Å². The summed E-state index contributed by atoms with van der Waals surface area (Å²) in [6.07, 6.45) is 3.54. The molecule has 1 aliphatic rings. The van der Waals surface area contributed by atoms with Crippen LogP contribution in [-0.4, -0.2) is 35.6 Å². The second kappa shape index (κ2) is 7.45. The molecular formula is C19H24N2O3S. The van der Waals surface area contributed by atoms with E-state index < -0.39 is 0 Å². The van der Waals surface area contributed by atoms with Crippen LogP contribution in [0.3, 0.4) is 0 Å². The number of amides is 1. The van der Waals surface area contributed by atoms with Gasteiger partial charge in [0.25, 0.3) is 5.91 Å². The Morgan fingerprint density at radius 2 is 2.24 bits per heavy atom. The number of primary amides is 1. The van der Waals surface area contributed by atoms with E-state index in [-0.39, 0.29) is 11.7 Å². The lowest BCUT2D eigenvalue weighted by Gasteiger charge is -2.23. The lowest BCUT2D eigenvalue weighted by molar-refractivity contribution is 0.100. The third kappa shape index (κ3) is 3.65. The molecule has 1 atom stereocenters. The number of hydrogen-bond acceptors (Lipinski definition) is 5. The van der Waals surface area contributed by atoms with Crippen LogP contribution < -0.4 is 10.5 Å². The smallest absolute Gasteiger partial charge is 0.259 e. The van der Waals surface area contributed by atoms with Gasteiger partial charge in [0.15, 0.2) is 11.5 Å². The fraction of sp³-hybridized carbons (Fsp3) is 0.421. The summed E-state index contributed by atoms with van der Waals surface area (Å²) in [6, 6.07) is 7.83. The molecule has 25 heavy (non-hydrogen) atoms. The lowest BCUT2D eigenvalue weighted by atomic mass is 10.1. The topological polar surface area (TPSA) is 75.8 Å². The Morgan fingerprint density at radius 1 is 1.44 bits per heavy atom. The van der Waals surface area contributed by atoms with Crippen molar-refractivity contribution in [2.45, 2.75) is 38.8 Å². The molecule has 1 aromatic carbocycles. The maximum Gasteiger partial charge on any atom is 0.259 e. The Morgan fingerprint density at radius 3 is 2.92 bits per heavy atom. The SMILES string of the molecule is CC[C@H]1CCCN1Cc1cc(-c2ccc(O)c(OC)c2)sc1C(N)=O. The number of methoxy groups -OCH3 is 1. The van der Waals surface area contributed by atoms with Crippen LogP contribution in [-0.2, 0) is 6.54 Å². The van der Waals surface area contributed by atoms with Gasteiger partial charge in [-0.2, -0.15) is 0 Å². The average Bonchev–Trinajstić information content (AvgIpc) is 3.22. The molecule has 5 nitrogen and oxygen atoms in total. The van der Waals surface area contributed by atoms with Gasteiger partial charge in [0.1, 0.15) is 0 Å². The monoisotopic (exact) mass is 360 g/mol. The molecule has 0 bridgehead atoms. The van der Waals surface area contributed by atoms with Gasteiger partial charge < -0.3 is 15.6 Å². The molecule has 0 radical (unpaired) electrons. The van der Waals surface area contributed by atoms with Crippen LogP contribution in [0.15, 0.2) is 24.3 Å². The van der Waals surface area contributed by atoms with Crippen LogP contribution in [0.25, 0.3) is 10.4 Å². The number of phenols is 1. The second-order valence-corrected chi connectivity index (χ2v) is 7.44. The van der Waals surface area contributed by atoms with E-state index in [2.05, 4.69) is 11.8 Å². The summed E-state index contributed by atoms with van der Waals surface area (Å²) >= 11 is 1.40. The molecule has 1 aromatic heterocycles. The van der Waals surface area contributed by atoms with Gasteiger partial charge in [-0.1, -0.05) is 6.92 Å². The van der Waals surface area contributed by atoms with Crippen molar-refractivity contribution in [2.75, 3.05) is 13.7 Å². The van der Waals surface area contributed by atoms with E-state index >= 15 is 0 Å². The molecule has 3 N–H and O–H groups in total. The molecule has 1 amide bonds. The predicted octanol–water partition coefficient (Wildman–Crippen LogP) is 3.60. The highest BCUT2D eigenvalue weighted by molar-refractivity contribution is 7.17. The molecule has 2 aromatic rings. The predicted molar refractivity (Wildman–Crippen MR) is 100 cm³/mol. The first-order chi connectivity index (χ1) is 12.0. The first-order valence-electron chi connectivity index (χ1n) is 8.57. The minimum atomic E-state index is -0.385. The number of benzene rings is 1. The molecule has 0 saturated carbocycles. The van der Waals surface area contributed by atoms with E-state index in [1.54, 1.807) is 12.1 Å². The number of thiophene rings is 1. The molecular weight excluding hydrogens is 336 g/mol. The molecule has 1 saturated heterocycles. The van der Waals surface area contributed by atoms with E-state index in [1.807, 2.05) is 12.1 Å². The third-order valence-electron chi connectivity index (χ3n) is 4.84.